The largest absolute Gasteiger partial charge is 0.462 e. The fourth-order valence-electron chi connectivity index (χ4n) is 3.06. The molecule has 1 N–H and O–H groups in total. The maximum absolute atomic E-state index is 12.3. The zero-order chi connectivity index (χ0) is 16.2. The van der Waals surface area contributed by atoms with Crippen LogP contribution in [0.25, 0.3) is 0 Å². The molecule has 1 saturated carbocycles. The molecular weight excluding hydrogens is 312 g/mol. The lowest BCUT2D eigenvalue weighted by Gasteiger charge is -2.25. The summed E-state index contributed by atoms with van der Waals surface area (Å²) in [6.45, 7) is 4.51. The van der Waals surface area contributed by atoms with E-state index in [-0.39, 0.29) is 11.9 Å². The van der Waals surface area contributed by atoms with E-state index in [2.05, 4.69) is 10.2 Å². The minimum Gasteiger partial charge on any atom is -0.462 e. The average Bonchev–Trinajstić information content (AvgIpc) is 3.30. The van der Waals surface area contributed by atoms with Crippen molar-refractivity contribution in [3.8, 4) is 0 Å². The number of piperidine rings is 1. The third-order valence-corrected chi connectivity index (χ3v) is 5.30. The van der Waals surface area contributed by atoms with E-state index in [0.717, 1.165) is 44.3 Å². The van der Waals surface area contributed by atoms with Crippen molar-refractivity contribution >= 4 is 28.2 Å². The van der Waals surface area contributed by atoms with Gasteiger partial charge in [-0.05, 0) is 62.6 Å². The predicted molar refractivity (Wildman–Crippen MR) is 91.2 cm³/mol. The van der Waals surface area contributed by atoms with Crippen molar-refractivity contribution in [1.29, 1.82) is 0 Å². The van der Waals surface area contributed by atoms with Crippen molar-refractivity contribution in [3.05, 3.63) is 16.5 Å². The highest BCUT2D eigenvalue weighted by molar-refractivity contribution is 7.15. The van der Waals surface area contributed by atoms with Gasteiger partial charge in [0.05, 0.1) is 18.7 Å². The van der Waals surface area contributed by atoms with Gasteiger partial charge in [-0.15, -0.1) is 11.3 Å². The number of hydrogen-bond acceptors (Lipinski definition) is 5. The van der Waals surface area contributed by atoms with E-state index in [9.17, 15) is 9.59 Å². The second-order valence-electron chi connectivity index (χ2n) is 6.27. The molecule has 1 saturated heterocycles. The number of carbonyl (C=O) groups is 2. The lowest BCUT2D eigenvalue weighted by atomic mass is 10.1. The van der Waals surface area contributed by atoms with Crippen LogP contribution in [-0.2, 0) is 9.53 Å². The van der Waals surface area contributed by atoms with E-state index < -0.39 is 0 Å². The van der Waals surface area contributed by atoms with Crippen LogP contribution in [0, 0.1) is 0 Å². The highest BCUT2D eigenvalue weighted by atomic mass is 32.1. The summed E-state index contributed by atoms with van der Waals surface area (Å²) in [5.41, 5.74) is 1.62. The Labute approximate surface area is 141 Å². The Hall–Kier alpha value is -1.40. The SMILES string of the molecule is CCOC(=O)c1c(C2CC2)csc1NC(=O)CN1CCCCC1. The van der Waals surface area contributed by atoms with Gasteiger partial charge in [0.25, 0.3) is 0 Å². The van der Waals surface area contributed by atoms with Crippen LogP contribution in [-0.4, -0.2) is 43.0 Å². The van der Waals surface area contributed by atoms with Gasteiger partial charge < -0.3 is 10.1 Å². The molecule has 126 valence electrons. The molecule has 1 aromatic heterocycles. The van der Waals surface area contributed by atoms with Gasteiger partial charge in [0.2, 0.25) is 5.91 Å². The van der Waals surface area contributed by atoms with Crippen LogP contribution < -0.4 is 5.32 Å². The number of nitrogens with one attached hydrogen (secondary N) is 1. The summed E-state index contributed by atoms with van der Waals surface area (Å²) in [6.07, 6.45) is 5.80. The number of likely N-dealkylation sites (tertiary alicyclic amines) is 1. The Balaban J connectivity index is 1.68. The van der Waals surface area contributed by atoms with Crippen LogP contribution in [0.5, 0.6) is 0 Å². The number of carbonyl (C=O) groups excluding carboxylic acids is 2. The Bertz CT molecular complexity index is 574. The topological polar surface area (TPSA) is 58.6 Å². The summed E-state index contributed by atoms with van der Waals surface area (Å²) in [6, 6.07) is 0. The predicted octanol–water partition coefficient (Wildman–Crippen LogP) is 3.23. The Morgan fingerprint density at radius 3 is 2.70 bits per heavy atom. The third kappa shape index (κ3) is 4.12. The van der Waals surface area contributed by atoms with Gasteiger partial charge in [0.15, 0.2) is 0 Å². The molecule has 2 heterocycles. The van der Waals surface area contributed by atoms with E-state index in [1.165, 1.54) is 17.8 Å². The van der Waals surface area contributed by atoms with Crippen molar-refractivity contribution < 1.29 is 14.3 Å². The van der Waals surface area contributed by atoms with Crippen LogP contribution in [0.2, 0.25) is 0 Å². The molecule has 3 rings (SSSR count). The summed E-state index contributed by atoms with van der Waals surface area (Å²) in [7, 11) is 0. The highest BCUT2D eigenvalue weighted by Crippen LogP contribution is 2.46. The van der Waals surface area contributed by atoms with Gasteiger partial charge in [-0.25, -0.2) is 4.79 Å². The zero-order valence-corrected chi connectivity index (χ0v) is 14.4. The molecule has 0 spiro atoms. The first-order valence-corrected chi connectivity index (χ1v) is 9.37. The van der Waals surface area contributed by atoms with Gasteiger partial charge in [0, 0.05) is 0 Å². The van der Waals surface area contributed by atoms with Crippen molar-refractivity contribution in [2.45, 2.75) is 44.9 Å². The van der Waals surface area contributed by atoms with Crippen LogP contribution in [0.1, 0.15) is 60.9 Å². The Morgan fingerprint density at radius 2 is 2.04 bits per heavy atom. The standard InChI is InChI=1S/C17H24N2O3S/c1-2-22-17(21)15-13(12-6-7-12)11-23-16(15)18-14(20)10-19-8-4-3-5-9-19/h11-12H,2-10H2,1H3,(H,18,20). The molecule has 0 atom stereocenters. The van der Waals surface area contributed by atoms with E-state index in [1.54, 1.807) is 6.92 Å². The molecule has 0 aromatic carbocycles. The second-order valence-corrected chi connectivity index (χ2v) is 7.15. The minimum atomic E-state index is -0.316. The number of thiophene rings is 1. The number of rotatable bonds is 6. The number of esters is 1. The monoisotopic (exact) mass is 336 g/mol. The van der Waals surface area contributed by atoms with E-state index in [1.807, 2.05) is 5.38 Å². The van der Waals surface area contributed by atoms with E-state index in [0.29, 0.717) is 29.6 Å². The smallest absolute Gasteiger partial charge is 0.341 e. The number of ether oxygens (including phenoxy) is 1. The first kappa shape index (κ1) is 16.5. The van der Waals surface area contributed by atoms with Crippen LogP contribution in [0.3, 0.4) is 0 Å². The molecule has 2 fully saturated rings. The minimum absolute atomic E-state index is 0.0401. The number of hydrogen-bond donors (Lipinski definition) is 1. The molecule has 0 radical (unpaired) electrons. The molecule has 0 unspecified atom stereocenters. The molecule has 2 aliphatic rings. The van der Waals surface area contributed by atoms with Crippen LogP contribution in [0.15, 0.2) is 5.38 Å². The number of amides is 1. The number of nitrogens with zero attached hydrogens (tertiary/aromatic N) is 1. The lowest BCUT2D eigenvalue weighted by Crippen LogP contribution is -2.36. The normalized spacial score (nSPS) is 18.7. The quantitative estimate of drug-likeness (QED) is 0.810. The van der Waals surface area contributed by atoms with Gasteiger partial charge in [-0.3, -0.25) is 9.69 Å². The molecule has 1 aromatic rings. The fourth-order valence-corrected chi connectivity index (χ4v) is 4.11. The van der Waals surface area contributed by atoms with Gasteiger partial charge in [-0.1, -0.05) is 6.42 Å². The summed E-state index contributed by atoms with van der Waals surface area (Å²) >= 11 is 1.44. The van der Waals surface area contributed by atoms with Gasteiger partial charge >= 0.3 is 5.97 Å². The fraction of sp³-hybridized carbons (Fsp3) is 0.647. The lowest BCUT2D eigenvalue weighted by molar-refractivity contribution is -0.117. The molecular formula is C17H24N2O3S. The van der Waals surface area contributed by atoms with Crippen LogP contribution >= 0.6 is 11.3 Å². The first-order chi connectivity index (χ1) is 11.2. The number of anilines is 1. The van der Waals surface area contributed by atoms with Gasteiger partial charge in [-0.2, -0.15) is 0 Å². The maximum atomic E-state index is 12.3. The molecule has 0 bridgehead atoms. The molecule has 23 heavy (non-hydrogen) atoms. The molecule has 1 aliphatic carbocycles. The Morgan fingerprint density at radius 1 is 1.30 bits per heavy atom. The first-order valence-electron chi connectivity index (χ1n) is 8.49. The third-order valence-electron chi connectivity index (χ3n) is 4.39. The molecule has 1 amide bonds. The van der Waals surface area contributed by atoms with E-state index >= 15 is 0 Å². The maximum Gasteiger partial charge on any atom is 0.341 e. The zero-order valence-electron chi connectivity index (χ0n) is 13.6. The average molecular weight is 336 g/mol. The van der Waals surface area contributed by atoms with Crippen LogP contribution in [0.4, 0.5) is 5.00 Å². The van der Waals surface area contributed by atoms with Crippen molar-refractivity contribution in [3.63, 3.8) is 0 Å². The van der Waals surface area contributed by atoms with Crippen molar-refractivity contribution in [2.75, 3.05) is 31.6 Å². The molecule has 1 aliphatic heterocycles. The van der Waals surface area contributed by atoms with Gasteiger partial charge in [0.1, 0.15) is 5.00 Å². The van der Waals surface area contributed by atoms with Crippen molar-refractivity contribution in [2.24, 2.45) is 0 Å². The summed E-state index contributed by atoms with van der Waals surface area (Å²) in [4.78, 5) is 26.8. The molecule has 6 heteroatoms. The molecule has 5 nitrogen and oxygen atoms in total. The highest BCUT2D eigenvalue weighted by Gasteiger charge is 2.32. The summed E-state index contributed by atoms with van der Waals surface area (Å²) in [5.74, 6) is 0.101. The van der Waals surface area contributed by atoms with E-state index in [4.69, 9.17) is 4.74 Å². The Kier molecular flexibility index (Phi) is 5.33. The summed E-state index contributed by atoms with van der Waals surface area (Å²) < 4.78 is 5.18. The summed E-state index contributed by atoms with van der Waals surface area (Å²) in [5, 5.41) is 5.58. The van der Waals surface area contributed by atoms with Crippen molar-refractivity contribution in [1.82, 2.24) is 4.90 Å². The second kappa shape index (κ2) is 7.45.